The van der Waals surface area contributed by atoms with Crippen molar-refractivity contribution in [3.8, 4) is 36.0 Å². The van der Waals surface area contributed by atoms with Crippen LogP contribution in [0.15, 0.2) is 24.3 Å². The molecule has 12 heavy (non-hydrogen) atoms. The van der Waals surface area contributed by atoms with Crippen LogP contribution in [-0.2, 0) is 0 Å². The number of rotatable bonds is 2. The number of aliphatic hydroxyl groups is 1. The third-order valence-electron chi connectivity index (χ3n) is 0.801. The lowest BCUT2D eigenvalue weighted by Crippen LogP contribution is -1.67. The second-order valence-corrected chi connectivity index (χ2v) is 1.63. The Morgan fingerprint density at radius 2 is 2.00 bits per heavy atom. The van der Waals surface area contributed by atoms with Crippen LogP contribution in [0.4, 0.5) is 0 Å². The van der Waals surface area contributed by atoms with Gasteiger partial charge in [0.05, 0.1) is 6.61 Å². The van der Waals surface area contributed by atoms with E-state index in [0.717, 1.165) is 0 Å². The fourth-order valence-corrected chi connectivity index (χ4v) is 0.388. The minimum atomic E-state index is 0.0364. The second kappa shape index (κ2) is 9.12. The summed E-state index contributed by atoms with van der Waals surface area (Å²) in [7, 11) is 0. The first-order chi connectivity index (χ1) is 5.91. The first-order valence-corrected chi connectivity index (χ1v) is 3.30. The van der Waals surface area contributed by atoms with Gasteiger partial charge in [-0.25, -0.2) is 0 Å². The molecule has 1 heteroatoms. The molecule has 0 heterocycles. The highest BCUT2D eigenvalue weighted by atomic mass is 16.2. The van der Waals surface area contributed by atoms with Gasteiger partial charge in [-0.05, 0) is 29.8 Å². The predicted octanol–water partition coefficient (Wildman–Crippen LogP) is 0.731. The lowest BCUT2D eigenvalue weighted by molar-refractivity contribution is 0.343. The molecule has 1 N–H and O–H groups in total. The summed E-state index contributed by atoms with van der Waals surface area (Å²) in [6.45, 7) is 0.0364. The highest BCUT2D eigenvalue weighted by Crippen LogP contribution is 1.73. The van der Waals surface area contributed by atoms with E-state index in [1.54, 1.807) is 24.3 Å². The van der Waals surface area contributed by atoms with Crippen LogP contribution >= 0.6 is 0 Å². The topological polar surface area (TPSA) is 20.2 Å². The Bertz CT molecular complexity index is 318. The van der Waals surface area contributed by atoms with E-state index in [0.29, 0.717) is 0 Å². The minimum absolute atomic E-state index is 0.0364. The molecule has 0 atom stereocenters. The maximum atomic E-state index is 8.34. The molecule has 0 unspecified atom stereocenters. The van der Waals surface area contributed by atoms with E-state index in [1.807, 2.05) is 0 Å². The fourth-order valence-electron chi connectivity index (χ4n) is 0.388. The summed E-state index contributed by atoms with van der Waals surface area (Å²) in [5.41, 5.74) is 0. The molecule has 0 spiro atoms. The molecule has 0 rings (SSSR count). The third-order valence-corrected chi connectivity index (χ3v) is 0.801. The second-order valence-electron chi connectivity index (χ2n) is 1.63. The molecule has 0 amide bonds. The van der Waals surface area contributed by atoms with Gasteiger partial charge in [0.25, 0.3) is 0 Å². The zero-order chi connectivity index (χ0) is 9.07. The molecule has 0 aromatic heterocycles. The number of terminal acetylenes is 1. The van der Waals surface area contributed by atoms with Crippen molar-refractivity contribution in [3.63, 3.8) is 0 Å². The van der Waals surface area contributed by atoms with Crippen LogP contribution in [0, 0.1) is 36.0 Å². The van der Waals surface area contributed by atoms with Gasteiger partial charge in [-0.15, -0.1) is 6.42 Å². The van der Waals surface area contributed by atoms with Gasteiger partial charge in [-0.2, -0.15) is 0 Å². The molecule has 58 valence electrons. The van der Waals surface area contributed by atoms with Crippen LogP contribution in [0.1, 0.15) is 0 Å². The maximum Gasteiger partial charge on any atom is 0.0615 e. The van der Waals surface area contributed by atoms with Gasteiger partial charge in [0.2, 0.25) is 0 Å². The van der Waals surface area contributed by atoms with Crippen LogP contribution in [0.3, 0.4) is 0 Å². The summed E-state index contributed by atoms with van der Waals surface area (Å²) in [6, 6.07) is 0. The van der Waals surface area contributed by atoms with Crippen LogP contribution in [0.25, 0.3) is 0 Å². The van der Waals surface area contributed by atoms with Crippen molar-refractivity contribution in [1.29, 1.82) is 0 Å². The van der Waals surface area contributed by atoms with Crippen molar-refractivity contribution in [1.82, 2.24) is 0 Å². The van der Waals surface area contributed by atoms with Gasteiger partial charge in [0, 0.05) is 0 Å². The van der Waals surface area contributed by atoms with Crippen molar-refractivity contribution in [3.05, 3.63) is 24.3 Å². The summed E-state index contributed by atoms with van der Waals surface area (Å²) in [6.07, 6.45) is 11.5. The van der Waals surface area contributed by atoms with Crippen LogP contribution in [0.2, 0.25) is 0 Å². The van der Waals surface area contributed by atoms with Crippen molar-refractivity contribution in [2.75, 3.05) is 6.61 Å². The van der Waals surface area contributed by atoms with E-state index in [-0.39, 0.29) is 6.61 Å². The van der Waals surface area contributed by atoms with Gasteiger partial charge in [0.15, 0.2) is 0 Å². The summed E-state index contributed by atoms with van der Waals surface area (Å²) in [5, 5.41) is 8.34. The normalized spacial score (nSPS) is 8.33. The van der Waals surface area contributed by atoms with E-state index >= 15 is 0 Å². The molecule has 0 saturated heterocycles. The Morgan fingerprint density at radius 1 is 1.17 bits per heavy atom. The van der Waals surface area contributed by atoms with Gasteiger partial charge in [0.1, 0.15) is 0 Å². The van der Waals surface area contributed by atoms with Gasteiger partial charge in [-0.3, -0.25) is 0 Å². The highest BCUT2D eigenvalue weighted by molar-refractivity contribution is 5.36. The Kier molecular flexibility index (Phi) is 7.69. The van der Waals surface area contributed by atoms with Crippen LogP contribution < -0.4 is 0 Å². The summed E-state index contributed by atoms with van der Waals surface area (Å²) in [5.74, 6) is 12.1. The van der Waals surface area contributed by atoms with Gasteiger partial charge < -0.3 is 5.11 Å². The molecule has 0 bridgehead atoms. The Morgan fingerprint density at radius 3 is 2.67 bits per heavy atom. The molecule has 0 fully saturated rings. The molecule has 0 saturated carbocycles. The van der Waals surface area contributed by atoms with Crippen LogP contribution in [-0.4, -0.2) is 11.7 Å². The van der Waals surface area contributed by atoms with E-state index in [4.69, 9.17) is 11.5 Å². The summed E-state index contributed by atoms with van der Waals surface area (Å²) >= 11 is 0. The molecule has 0 aromatic rings. The van der Waals surface area contributed by atoms with Crippen molar-refractivity contribution >= 4 is 0 Å². The zero-order valence-electron chi connectivity index (χ0n) is 6.54. The Balaban J connectivity index is 3.80. The molecule has 0 aliphatic rings. The lowest BCUT2D eigenvalue weighted by atomic mass is 10.4. The highest BCUT2D eigenvalue weighted by Gasteiger charge is 1.61. The zero-order valence-corrected chi connectivity index (χ0v) is 6.54. The molecule has 0 radical (unpaired) electrons. The van der Waals surface area contributed by atoms with E-state index in [1.165, 1.54) is 0 Å². The van der Waals surface area contributed by atoms with Gasteiger partial charge in [-0.1, -0.05) is 24.1 Å². The summed E-state index contributed by atoms with van der Waals surface area (Å²) < 4.78 is 0. The fraction of sp³-hybridized carbons (Fsp3) is 0.0909. The minimum Gasteiger partial charge on any atom is -0.392 e. The quantitative estimate of drug-likeness (QED) is 0.461. The van der Waals surface area contributed by atoms with Crippen molar-refractivity contribution < 1.29 is 5.11 Å². The molecule has 0 aliphatic heterocycles. The van der Waals surface area contributed by atoms with E-state index in [9.17, 15) is 0 Å². The van der Waals surface area contributed by atoms with Gasteiger partial charge >= 0.3 is 0 Å². The smallest absolute Gasteiger partial charge is 0.0615 e. The predicted molar refractivity (Wildman–Crippen MR) is 49.8 cm³/mol. The molecular weight excluding hydrogens is 148 g/mol. The van der Waals surface area contributed by atoms with E-state index in [2.05, 4.69) is 29.6 Å². The number of hydrogen-bond acceptors (Lipinski definition) is 1. The average molecular weight is 156 g/mol. The average Bonchev–Trinajstić information content (AvgIpc) is 2.10. The standard InChI is InChI=1S/C11H8O/c1-2-3-4-5-6-7-8-9-10-11-12/h1,7-10,12H,11H2/b8-7+,10-9+. The molecular formula is C11H8O. The Labute approximate surface area is 72.8 Å². The first-order valence-electron chi connectivity index (χ1n) is 3.30. The van der Waals surface area contributed by atoms with Crippen molar-refractivity contribution in [2.24, 2.45) is 0 Å². The lowest BCUT2D eigenvalue weighted by Gasteiger charge is -1.71. The molecule has 0 aliphatic carbocycles. The van der Waals surface area contributed by atoms with E-state index < -0.39 is 0 Å². The number of aliphatic hydroxyl groups excluding tert-OH is 1. The molecule has 1 nitrogen and oxygen atoms in total. The monoisotopic (exact) mass is 156 g/mol. The van der Waals surface area contributed by atoms with Crippen molar-refractivity contribution in [2.45, 2.75) is 0 Å². The molecule has 0 aromatic carbocycles. The third kappa shape index (κ3) is 8.12. The Hall–Kier alpha value is -1.88. The SMILES string of the molecule is C#CC#CC#C/C=C/C=C/CO. The van der Waals surface area contributed by atoms with Crippen LogP contribution in [0.5, 0.6) is 0 Å². The first kappa shape index (κ1) is 10.1. The number of hydrogen-bond donors (Lipinski definition) is 1. The summed E-state index contributed by atoms with van der Waals surface area (Å²) in [4.78, 5) is 0. The largest absolute Gasteiger partial charge is 0.392 e. The maximum absolute atomic E-state index is 8.34. The number of allylic oxidation sites excluding steroid dienone is 3.